The van der Waals surface area contributed by atoms with Gasteiger partial charge in [0.15, 0.2) is 0 Å². The summed E-state index contributed by atoms with van der Waals surface area (Å²) >= 11 is 0.649. The number of ether oxygens (including phenoxy) is 1. The van der Waals surface area contributed by atoms with Crippen molar-refractivity contribution < 1.29 is 30.0 Å². The number of hydrogen-bond donors (Lipinski definition) is 5. The lowest BCUT2D eigenvalue weighted by molar-refractivity contribution is -0.205. The van der Waals surface area contributed by atoms with Gasteiger partial charge >= 0.3 is 0 Å². The SMILES string of the molecule is CNC(=O)SC1O[C@H](CO)[C@@H](O)[C@H](O)[C@H]1O. The number of carbonyl (C=O) groups excluding carboxylic acids is 1. The molecule has 1 fully saturated rings. The van der Waals surface area contributed by atoms with Gasteiger partial charge < -0.3 is 30.5 Å². The molecule has 0 bridgehead atoms. The van der Waals surface area contributed by atoms with Crippen LogP contribution in [0.1, 0.15) is 0 Å². The second kappa shape index (κ2) is 5.80. The van der Waals surface area contributed by atoms with Crippen molar-refractivity contribution in [3.63, 3.8) is 0 Å². The summed E-state index contributed by atoms with van der Waals surface area (Å²) in [7, 11) is 1.42. The quantitative estimate of drug-likeness (QED) is 0.381. The Kier molecular flexibility index (Phi) is 4.96. The molecule has 5 N–H and O–H groups in total. The van der Waals surface area contributed by atoms with E-state index < -0.39 is 41.7 Å². The van der Waals surface area contributed by atoms with Gasteiger partial charge in [-0.05, 0) is 11.8 Å². The van der Waals surface area contributed by atoms with E-state index in [1.807, 2.05) is 0 Å². The number of aliphatic hydroxyl groups excluding tert-OH is 4. The van der Waals surface area contributed by atoms with Gasteiger partial charge in [-0.1, -0.05) is 0 Å². The highest BCUT2D eigenvalue weighted by Gasteiger charge is 2.44. The summed E-state index contributed by atoms with van der Waals surface area (Å²) in [6.07, 6.45) is -5.23. The Bertz CT molecular complexity index is 251. The zero-order valence-corrected chi connectivity index (χ0v) is 9.42. The molecule has 0 spiro atoms. The van der Waals surface area contributed by atoms with Crippen LogP contribution >= 0.6 is 11.8 Å². The topological polar surface area (TPSA) is 119 Å². The van der Waals surface area contributed by atoms with E-state index in [4.69, 9.17) is 9.84 Å². The maximum Gasteiger partial charge on any atom is 0.281 e. The van der Waals surface area contributed by atoms with Gasteiger partial charge in [0.25, 0.3) is 5.24 Å². The second-order valence-electron chi connectivity index (χ2n) is 3.35. The summed E-state index contributed by atoms with van der Waals surface area (Å²) in [5, 5.41) is 39.2. The molecule has 16 heavy (non-hydrogen) atoms. The van der Waals surface area contributed by atoms with Crippen LogP contribution in [0.3, 0.4) is 0 Å². The predicted octanol–water partition coefficient (Wildman–Crippen LogP) is -2.14. The molecule has 1 saturated heterocycles. The van der Waals surface area contributed by atoms with E-state index in [2.05, 4.69) is 5.32 Å². The van der Waals surface area contributed by atoms with Crippen LogP contribution in [0, 0.1) is 0 Å². The molecule has 1 amide bonds. The number of aliphatic hydroxyl groups is 4. The normalized spacial score (nSPS) is 39.4. The third kappa shape index (κ3) is 2.84. The van der Waals surface area contributed by atoms with E-state index in [-0.39, 0.29) is 0 Å². The highest BCUT2D eigenvalue weighted by atomic mass is 32.2. The molecular formula is C8H15NO6S. The van der Waals surface area contributed by atoms with Crippen LogP contribution in [-0.2, 0) is 4.74 Å². The molecule has 5 atom stereocenters. The van der Waals surface area contributed by atoms with Crippen LogP contribution in [0.25, 0.3) is 0 Å². The van der Waals surface area contributed by atoms with Crippen molar-refractivity contribution in [2.45, 2.75) is 29.9 Å². The Morgan fingerprint density at radius 1 is 1.31 bits per heavy atom. The number of nitrogens with one attached hydrogen (secondary N) is 1. The molecule has 0 aromatic heterocycles. The summed E-state index contributed by atoms with van der Waals surface area (Å²) in [5.74, 6) is 0. The molecule has 0 radical (unpaired) electrons. The second-order valence-corrected chi connectivity index (χ2v) is 4.42. The van der Waals surface area contributed by atoms with Gasteiger partial charge in [-0.2, -0.15) is 0 Å². The molecule has 1 unspecified atom stereocenters. The average molecular weight is 253 g/mol. The lowest BCUT2D eigenvalue weighted by Gasteiger charge is -2.39. The molecule has 94 valence electrons. The van der Waals surface area contributed by atoms with Crippen LogP contribution < -0.4 is 5.32 Å². The first-order valence-corrected chi connectivity index (χ1v) is 5.58. The number of thioether (sulfide) groups is 1. The molecule has 1 rings (SSSR count). The highest BCUT2D eigenvalue weighted by Crippen LogP contribution is 2.28. The van der Waals surface area contributed by atoms with Crippen molar-refractivity contribution in [1.29, 1.82) is 0 Å². The Morgan fingerprint density at radius 3 is 2.44 bits per heavy atom. The summed E-state index contributed by atoms with van der Waals surface area (Å²) in [6.45, 7) is -0.504. The van der Waals surface area contributed by atoms with Crippen LogP contribution in [-0.4, -0.2) is 69.2 Å². The van der Waals surface area contributed by atoms with Crippen LogP contribution in [0.2, 0.25) is 0 Å². The van der Waals surface area contributed by atoms with E-state index >= 15 is 0 Å². The first kappa shape index (κ1) is 13.7. The van der Waals surface area contributed by atoms with E-state index in [9.17, 15) is 20.1 Å². The number of carbonyl (C=O) groups is 1. The van der Waals surface area contributed by atoms with E-state index in [0.29, 0.717) is 11.8 Å². The Labute approximate surface area is 96.4 Å². The number of amides is 1. The minimum Gasteiger partial charge on any atom is -0.394 e. The van der Waals surface area contributed by atoms with E-state index in [1.54, 1.807) is 0 Å². The molecule has 8 heteroatoms. The van der Waals surface area contributed by atoms with Gasteiger partial charge in [-0.3, -0.25) is 4.79 Å². The molecule has 0 aromatic carbocycles. The van der Waals surface area contributed by atoms with E-state index in [1.165, 1.54) is 7.05 Å². The monoisotopic (exact) mass is 253 g/mol. The number of hydrogen-bond acceptors (Lipinski definition) is 7. The van der Waals surface area contributed by atoms with Crippen LogP contribution in [0.15, 0.2) is 0 Å². The van der Waals surface area contributed by atoms with Crippen molar-refractivity contribution in [2.75, 3.05) is 13.7 Å². The van der Waals surface area contributed by atoms with Crippen molar-refractivity contribution in [3.05, 3.63) is 0 Å². The Balaban J connectivity index is 2.67. The standard InChI is InChI=1S/C8H15NO6S/c1-9-8(14)16-7-6(13)5(12)4(11)3(2-10)15-7/h3-7,10-13H,2H2,1H3,(H,9,14)/t3-,4-,5+,6-,7?/m1/s1. The molecule has 0 aromatic rings. The maximum absolute atomic E-state index is 11.1. The van der Waals surface area contributed by atoms with Crippen molar-refractivity contribution >= 4 is 17.0 Å². The van der Waals surface area contributed by atoms with Gasteiger partial charge in [0.1, 0.15) is 29.9 Å². The molecule has 1 heterocycles. The third-order valence-electron chi connectivity index (χ3n) is 2.28. The van der Waals surface area contributed by atoms with Crippen LogP contribution in [0.5, 0.6) is 0 Å². The highest BCUT2D eigenvalue weighted by molar-refractivity contribution is 8.14. The molecular weight excluding hydrogens is 238 g/mol. The zero-order valence-electron chi connectivity index (χ0n) is 8.61. The first-order chi connectivity index (χ1) is 7.51. The summed E-state index contributed by atoms with van der Waals surface area (Å²) < 4.78 is 5.10. The molecule has 7 nitrogen and oxygen atoms in total. The van der Waals surface area contributed by atoms with Crippen molar-refractivity contribution in [3.8, 4) is 0 Å². The first-order valence-electron chi connectivity index (χ1n) is 4.70. The van der Waals surface area contributed by atoms with Crippen molar-refractivity contribution in [1.82, 2.24) is 5.32 Å². The van der Waals surface area contributed by atoms with Gasteiger partial charge in [-0.25, -0.2) is 0 Å². The third-order valence-corrected chi connectivity index (χ3v) is 3.32. The lowest BCUT2D eigenvalue weighted by atomic mass is 10.0. The smallest absolute Gasteiger partial charge is 0.281 e. The fourth-order valence-electron chi connectivity index (χ4n) is 1.33. The predicted molar refractivity (Wildman–Crippen MR) is 55.8 cm³/mol. The van der Waals surface area contributed by atoms with Crippen LogP contribution in [0.4, 0.5) is 4.79 Å². The maximum atomic E-state index is 11.1. The van der Waals surface area contributed by atoms with Gasteiger partial charge in [0, 0.05) is 7.05 Å². The van der Waals surface area contributed by atoms with Gasteiger partial charge in [0.05, 0.1) is 6.61 Å². The molecule has 0 aliphatic carbocycles. The summed E-state index contributed by atoms with van der Waals surface area (Å²) in [4.78, 5) is 11.1. The molecule has 0 saturated carbocycles. The van der Waals surface area contributed by atoms with Gasteiger partial charge in [-0.15, -0.1) is 0 Å². The summed E-state index contributed by atoms with van der Waals surface area (Å²) in [5.41, 5.74) is -1.02. The minimum absolute atomic E-state index is 0.440. The fraction of sp³-hybridized carbons (Fsp3) is 0.875. The molecule has 1 aliphatic rings. The fourth-order valence-corrected chi connectivity index (χ4v) is 2.16. The van der Waals surface area contributed by atoms with E-state index in [0.717, 1.165) is 0 Å². The largest absolute Gasteiger partial charge is 0.394 e. The molecule has 1 aliphatic heterocycles. The average Bonchev–Trinajstić information content (AvgIpc) is 2.29. The Morgan fingerprint density at radius 2 is 1.94 bits per heavy atom. The van der Waals surface area contributed by atoms with Crippen molar-refractivity contribution in [2.24, 2.45) is 0 Å². The summed E-state index contributed by atoms with van der Waals surface area (Å²) in [6, 6.07) is 0. The van der Waals surface area contributed by atoms with Gasteiger partial charge in [0.2, 0.25) is 0 Å². The lowest BCUT2D eigenvalue weighted by Crippen LogP contribution is -2.57. The number of rotatable bonds is 2. The minimum atomic E-state index is -1.45. The Hall–Kier alpha value is -0.380. The zero-order chi connectivity index (χ0) is 12.3.